The maximum atomic E-state index is 11.0. The molecular formula is C8H9ClO2. The van der Waals surface area contributed by atoms with Crippen molar-refractivity contribution in [2.45, 2.75) is 12.0 Å². The summed E-state index contributed by atoms with van der Waals surface area (Å²) in [5.41, 5.74) is -1.35. The van der Waals surface area contributed by atoms with Crippen LogP contribution >= 0.6 is 11.6 Å². The molecule has 60 valence electrons. The standard InChI is InChI=1S/C8H9ClO2/c9-6-7(10)8(11)4-2-1-3-5-8/h1-4,11H,5-6H2/t8-/m1/s1. The molecule has 0 radical (unpaired) electrons. The minimum Gasteiger partial charge on any atom is -0.378 e. The zero-order valence-electron chi connectivity index (χ0n) is 5.96. The second kappa shape index (κ2) is 3.20. The van der Waals surface area contributed by atoms with Gasteiger partial charge in [-0.1, -0.05) is 18.2 Å². The Bertz CT molecular complexity index is 220. The third-order valence-electron chi connectivity index (χ3n) is 1.65. The molecule has 1 N–H and O–H groups in total. The normalized spacial score (nSPS) is 28.9. The Kier molecular flexibility index (Phi) is 2.47. The van der Waals surface area contributed by atoms with Crippen LogP contribution < -0.4 is 0 Å². The zero-order chi connectivity index (χ0) is 8.32. The molecule has 1 atom stereocenters. The van der Waals surface area contributed by atoms with E-state index >= 15 is 0 Å². The van der Waals surface area contributed by atoms with Gasteiger partial charge in [0.1, 0.15) is 5.60 Å². The van der Waals surface area contributed by atoms with Gasteiger partial charge in [-0.2, -0.15) is 0 Å². The van der Waals surface area contributed by atoms with Gasteiger partial charge in [-0.25, -0.2) is 0 Å². The van der Waals surface area contributed by atoms with Crippen molar-refractivity contribution in [1.29, 1.82) is 0 Å². The van der Waals surface area contributed by atoms with E-state index in [1.807, 2.05) is 0 Å². The van der Waals surface area contributed by atoms with Crippen molar-refractivity contribution in [3.63, 3.8) is 0 Å². The highest BCUT2D eigenvalue weighted by molar-refractivity contribution is 6.29. The van der Waals surface area contributed by atoms with Crippen molar-refractivity contribution >= 4 is 17.4 Å². The third-order valence-corrected chi connectivity index (χ3v) is 1.90. The van der Waals surface area contributed by atoms with Crippen LogP contribution in [0.3, 0.4) is 0 Å². The van der Waals surface area contributed by atoms with Gasteiger partial charge in [0.05, 0.1) is 5.88 Å². The molecule has 0 saturated carbocycles. The topological polar surface area (TPSA) is 37.3 Å². The molecule has 0 saturated heterocycles. The molecule has 11 heavy (non-hydrogen) atoms. The lowest BCUT2D eigenvalue weighted by atomic mass is 9.92. The fraction of sp³-hybridized carbons (Fsp3) is 0.375. The lowest BCUT2D eigenvalue weighted by Gasteiger charge is -2.21. The molecule has 0 unspecified atom stereocenters. The molecule has 0 fully saturated rings. The minimum atomic E-state index is -1.35. The summed E-state index contributed by atoms with van der Waals surface area (Å²) >= 11 is 5.31. The number of Topliss-reactive ketones (excluding diaryl/α,β-unsaturated/α-hetero) is 1. The van der Waals surface area contributed by atoms with Crippen LogP contribution in [0.15, 0.2) is 24.3 Å². The Morgan fingerprint density at radius 3 is 2.82 bits per heavy atom. The summed E-state index contributed by atoms with van der Waals surface area (Å²) in [6.45, 7) is 0. The number of hydrogen-bond donors (Lipinski definition) is 1. The first-order chi connectivity index (χ1) is 5.19. The van der Waals surface area contributed by atoms with Crippen LogP contribution in [-0.2, 0) is 4.79 Å². The molecule has 1 aliphatic rings. The van der Waals surface area contributed by atoms with Crippen molar-refractivity contribution in [3.8, 4) is 0 Å². The van der Waals surface area contributed by atoms with E-state index in [0.29, 0.717) is 6.42 Å². The first-order valence-corrected chi connectivity index (χ1v) is 3.88. The van der Waals surface area contributed by atoms with Crippen molar-refractivity contribution in [2.75, 3.05) is 5.88 Å². The third kappa shape index (κ3) is 1.70. The molecule has 0 heterocycles. The number of alkyl halides is 1. The summed E-state index contributed by atoms with van der Waals surface area (Å²) in [6, 6.07) is 0. The summed E-state index contributed by atoms with van der Waals surface area (Å²) in [4.78, 5) is 11.0. The number of rotatable bonds is 2. The van der Waals surface area contributed by atoms with Crippen molar-refractivity contribution < 1.29 is 9.90 Å². The van der Waals surface area contributed by atoms with Crippen molar-refractivity contribution in [2.24, 2.45) is 0 Å². The van der Waals surface area contributed by atoms with E-state index in [1.54, 1.807) is 18.2 Å². The summed E-state index contributed by atoms with van der Waals surface area (Å²) < 4.78 is 0. The Hall–Kier alpha value is -0.600. The van der Waals surface area contributed by atoms with Crippen LogP contribution in [0, 0.1) is 0 Å². The highest BCUT2D eigenvalue weighted by Crippen LogP contribution is 2.18. The number of allylic oxidation sites excluding steroid dienone is 2. The van der Waals surface area contributed by atoms with Crippen molar-refractivity contribution in [1.82, 2.24) is 0 Å². The molecule has 0 aromatic carbocycles. The second-order valence-corrected chi connectivity index (χ2v) is 2.74. The smallest absolute Gasteiger partial charge is 0.183 e. The Labute approximate surface area is 70.2 Å². The largest absolute Gasteiger partial charge is 0.378 e. The molecular weight excluding hydrogens is 164 g/mol. The molecule has 0 amide bonds. The quantitative estimate of drug-likeness (QED) is 0.632. The first-order valence-electron chi connectivity index (χ1n) is 3.35. The van der Waals surface area contributed by atoms with E-state index in [1.165, 1.54) is 6.08 Å². The molecule has 0 spiro atoms. The molecule has 3 heteroatoms. The van der Waals surface area contributed by atoms with E-state index in [0.717, 1.165) is 0 Å². The predicted octanol–water partition coefficient (Wildman–Crippen LogP) is 1.04. The highest BCUT2D eigenvalue weighted by Gasteiger charge is 2.31. The molecule has 0 aromatic rings. The number of hydrogen-bond acceptors (Lipinski definition) is 2. The van der Waals surface area contributed by atoms with Gasteiger partial charge in [-0.05, 0) is 6.08 Å². The Balaban J connectivity index is 2.75. The number of carbonyl (C=O) groups excluding carboxylic acids is 1. The molecule has 0 aromatic heterocycles. The van der Waals surface area contributed by atoms with Crippen LogP contribution in [0.25, 0.3) is 0 Å². The van der Waals surface area contributed by atoms with Crippen LogP contribution in [-0.4, -0.2) is 22.4 Å². The van der Waals surface area contributed by atoms with Gasteiger partial charge in [0.25, 0.3) is 0 Å². The lowest BCUT2D eigenvalue weighted by Crippen LogP contribution is -2.37. The monoisotopic (exact) mass is 172 g/mol. The lowest BCUT2D eigenvalue weighted by molar-refractivity contribution is -0.130. The second-order valence-electron chi connectivity index (χ2n) is 2.47. The summed E-state index contributed by atoms with van der Waals surface area (Å²) in [7, 11) is 0. The van der Waals surface area contributed by atoms with Gasteiger partial charge in [0, 0.05) is 6.42 Å². The minimum absolute atomic E-state index is 0.144. The summed E-state index contributed by atoms with van der Waals surface area (Å²) in [5, 5.41) is 9.57. The maximum absolute atomic E-state index is 11.0. The SMILES string of the molecule is O=C(CCl)[C@@]1(O)C=CC=CC1. The number of halogens is 1. The fourth-order valence-corrected chi connectivity index (χ4v) is 1.16. The predicted molar refractivity (Wildman–Crippen MR) is 43.6 cm³/mol. The van der Waals surface area contributed by atoms with Crippen LogP contribution in [0.5, 0.6) is 0 Å². The van der Waals surface area contributed by atoms with Gasteiger partial charge in [-0.3, -0.25) is 4.79 Å². The van der Waals surface area contributed by atoms with Gasteiger partial charge in [0.2, 0.25) is 0 Å². The Morgan fingerprint density at radius 2 is 2.36 bits per heavy atom. The van der Waals surface area contributed by atoms with Gasteiger partial charge in [-0.15, -0.1) is 11.6 Å². The van der Waals surface area contributed by atoms with E-state index < -0.39 is 5.60 Å². The zero-order valence-corrected chi connectivity index (χ0v) is 6.71. The average Bonchev–Trinajstić information content (AvgIpc) is 2.04. The van der Waals surface area contributed by atoms with Crippen LogP contribution in [0.1, 0.15) is 6.42 Å². The number of aliphatic hydroxyl groups is 1. The van der Waals surface area contributed by atoms with Gasteiger partial charge < -0.3 is 5.11 Å². The maximum Gasteiger partial charge on any atom is 0.183 e. The van der Waals surface area contributed by atoms with Crippen molar-refractivity contribution in [3.05, 3.63) is 24.3 Å². The van der Waals surface area contributed by atoms with E-state index in [4.69, 9.17) is 11.6 Å². The summed E-state index contributed by atoms with van der Waals surface area (Å²) in [5.74, 6) is -0.492. The first kappa shape index (κ1) is 8.50. The Morgan fingerprint density at radius 1 is 1.64 bits per heavy atom. The van der Waals surface area contributed by atoms with E-state index in [2.05, 4.69) is 0 Å². The molecule has 1 aliphatic carbocycles. The molecule has 1 rings (SSSR count). The van der Waals surface area contributed by atoms with E-state index in [-0.39, 0.29) is 11.7 Å². The fourth-order valence-electron chi connectivity index (χ4n) is 0.932. The average molecular weight is 173 g/mol. The van der Waals surface area contributed by atoms with Gasteiger partial charge in [0.15, 0.2) is 5.78 Å². The highest BCUT2D eigenvalue weighted by atomic mass is 35.5. The molecule has 0 bridgehead atoms. The van der Waals surface area contributed by atoms with Crippen LogP contribution in [0.2, 0.25) is 0 Å². The summed E-state index contributed by atoms with van der Waals surface area (Å²) in [6.07, 6.45) is 6.97. The van der Waals surface area contributed by atoms with Crippen LogP contribution in [0.4, 0.5) is 0 Å². The number of carbonyl (C=O) groups is 1. The van der Waals surface area contributed by atoms with E-state index in [9.17, 15) is 9.90 Å². The molecule has 0 aliphatic heterocycles. The van der Waals surface area contributed by atoms with Gasteiger partial charge >= 0.3 is 0 Å². The molecule has 2 nitrogen and oxygen atoms in total. The number of ketones is 1.